The number of aromatic carboxylic acids is 1. The molecule has 2 aromatic carbocycles. The summed E-state index contributed by atoms with van der Waals surface area (Å²) < 4.78 is 13.0. The highest BCUT2D eigenvalue weighted by Gasteiger charge is 2.38. The molecule has 1 heterocycles. The van der Waals surface area contributed by atoms with Gasteiger partial charge in [0.25, 0.3) is 0 Å². The predicted octanol–water partition coefficient (Wildman–Crippen LogP) is 1.61. The first-order valence-electron chi connectivity index (χ1n) is 8.91. The van der Waals surface area contributed by atoms with Gasteiger partial charge in [0, 0.05) is 35.1 Å². The van der Waals surface area contributed by atoms with Crippen molar-refractivity contribution in [3.05, 3.63) is 83.1 Å². The quantitative estimate of drug-likeness (QED) is 0.500. The summed E-state index contributed by atoms with van der Waals surface area (Å²) in [5, 5.41) is 11.8. The normalized spacial score (nSPS) is 21.7. The van der Waals surface area contributed by atoms with Crippen LogP contribution in [0.3, 0.4) is 0 Å². The number of carboxylic acids is 1. The number of hydrogen-bond donors (Lipinski definition) is 1. The van der Waals surface area contributed by atoms with Crippen molar-refractivity contribution in [3.8, 4) is 11.5 Å². The summed E-state index contributed by atoms with van der Waals surface area (Å²) in [6, 6.07) is 12.5. The van der Waals surface area contributed by atoms with Crippen LogP contribution in [0.15, 0.2) is 66.5 Å². The van der Waals surface area contributed by atoms with Gasteiger partial charge in [0.1, 0.15) is 17.3 Å². The van der Waals surface area contributed by atoms with Crippen molar-refractivity contribution in [1.29, 1.82) is 0 Å². The van der Waals surface area contributed by atoms with Gasteiger partial charge in [-0.05, 0) is 11.6 Å². The van der Waals surface area contributed by atoms with Crippen molar-refractivity contribution in [1.82, 2.24) is 0 Å². The Morgan fingerprint density at radius 1 is 1.21 bits per heavy atom. The van der Waals surface area contributed by atoms with Crippen LogP contribution < -0.4 is 20.4 Å². The van der Waals surface area contributed by atoms with Gasteiger partial charge in [-0.1, -0.05) is 36.4 Å². The van der Waals surface area contributed by atoms with Gasteiger partial charge in [-0.2, -0.15) is 0 Å². The maximum absolute atomic E-state index is 11.8. The topological polar surface area (TPSA) is 87.6 Å². The average molecular weight is 376 g/mol. The molecule has 2 aromatic rings. The maximum atomic E-state index is 11.8. The average Bonchev–Trinajstić information content (AvgIpc) is 2.70. The van der Waals surface area contributed by atoms with Crippen LogP contribution in [0.1, 0.15) is 27.4 Å². The van der Waals surface area contributed by atoms with Crippen molar-refractivity contribution >= 4 is 11.7 Å². The van der Waals surface area contributed by atoms with Gasteiger partial charge in [0.2, 0.25) is 5.71 Å². The van der Waals surface area contributed by atoms with Gasteiger partial charge >= 0.3 is 0 Å². The highest BCUT2D eigenvalue weighted by atomic mass is 16.5. The lowest BCUT2D eigenvalue weighted by molar-refractivity contribution is -0.507. The molecule has 28 heavy (non-hydrogen) atoms. The monoisotopic (exact) mass is 376 g/mol. The number of nitrogens with zero attached hydrogens (tertiary/aromatic N) is 1. The van der Waals surface area contributed by atoms with Crippen LogP contribution in [0.5, 0.6) is 11.5 Å². The van der Waals surface area contributed by atoms with Gasteiger partial charge in [-0.25, -0.2) is 5.84 Å². The zero-order valence-electron chi connectivity index (χ0n) is 15.6. The molecule has 2 N–H and O–H groups in total. The second kappa shape index (κ2) is 6.88. The molecule has 0 saturated heterocycles. The number of nitrogens with two attached hydrogens (primary N) is 1. The molecule has 4 rings (SSSR count). The molecular weight excluding hydrogens is 356 g/mol. The van der Waals surface area contributed by atoms with Gasteiger partial charge < -0.3 is 19.4 Å². The Balaban J connectivity index is 1.95. The van der Waals surface area contributed by atoms with Crippen LogP contribution in [-0.4, -0.2) is 30.5 Å². The van der Waals surface area contributed by atoms with E-state index in [4.69, 9.17) is 15.3 Å². The summed E-state index contributed by atoms with van der Waals surface area (Å²) >= 11 is 0. The number of hydrazine groups is 1. The Hall–Kier alpha value is -3.54. The van der Waals surface area contributed by atoms with Crippen molar-refractivity contribution in [2.24, 2.45) is 11.8 Å². The van der Waals surface area contributed by atoms with E-state index >= 15 is 0 Å². The Kier molecular flexibility index (Phi) is 4.39. The van der Waals surface area contributed by atoms with Crippen molar-refractivity contribution in [2.75, 3.05) is 14.2 Å². The van der Waals surface area contributed by atoms with Crippen molar-refractivity contribution in [3.63, 3.8) is 0 Å². The third-order valence-electron chi connectivity index (χ3n) is 5.16. The van der Waals surface area contributed by atoms with E-state index in [1.54, 1.807) is 26.3 Å². The molecule has 1 aliphatic heterocycles. The molecule has 0 saturated carbocycles. The molecule has 2 unspecified atom stereocenters. The minimum atomic E-state index is -1.20. The number of allylic oxidation sites excluding steroid dienone is 3. The first-order valence-corrected chi connectivity index (χ1v) is 8.91. The zero-order valence-corrected chi connectivity index (χ0v) is 15.6. The van der Waals surface area contributed by atoms with Crippen LogP contribution in [-0.2, 0) is 0 Å². The zero-order chi connectivity index (χ0) is 19.8. The predicted molar refractivity (Wildman–Crippen MR) is 102 cm³/mol. The molecule has 142 valence electrons. The molecule has 2 aliphatic rings. The summed E-state index contributed by atoms with van der Waals surface area (Å²) in [4.78, 5) is 11.8. The fraction of sp³-hybridized carbons (Fsp3) is 0.182. The Labute approximate surface area is 162 Å². The lowest BCUT2D eigenvalue weighted by Gasteiger charge is -2.36. The number of carbonyl (C=O) groups is 1. The van der Waals surface area contributed by atoms with Gasteiger partial charge in [0.05, 0.1) is 19.2 Å². The lowest BCUT2D eigenvalue weighted by atomic mass is 9.74. The largest absolute Gasteiger partial charge is 0.545 e. The fourth-order valence-corrected chi connectivity index (χ4v) is 3.80. The van der Waals surface area contributed by atoms with Crippen molar-refractivity contribution < 1.29 is 24.1 Å². The summed E-state index contributed by atoms with van der Waals surface area (Å²) in [5.74, 6) is 6.28. The van der Waals surface area contributed by atoms with Crippen LogP contribution in [0.4, 0.5) is 0 Å². The van der Waals surface area contributed by atoms with E-state index < -0.39 is 5.97 Å². The highest BCUT2D eigenvalue weighted by molar-refractivity contribution is 6.01. The molecule has 6 heteroatoms. The number of hydrazone groups is 1. The number of methoxy groups -OCH3 is 1. The number of fused-ring (bicyclic) bond motifs is 2. The number of carboxylic acid groups (broad SMARTS) is 1. The Morgan fingerprint density at radius 2 is 2.00 bits per heavy atom. The minimum Gasteiger partial charge on any atom is -0.545 e. The molecule has 0 aromatic heterocycles. The van der Waals surface area contributed by atoms with Crippen LogP contribution in [0, 0.1) is 5.92 Å². The lowest BCUT2D eigenvalue weighted by Crippen LogP contribution is -2.31. The van der Waals surface area contributed by atoms with Crippen molar-refractivity contribution in [2.45, 2.75) is 5.92 Å². The van der Waals surface area contributed by atoms with Gasteiger partial charge in [0.15, 0.2) is 7.05 Å². The standard InChI is InChI=1S/C22H20N2O4/c1-24(23)13-7-9-17-19(11-13)28-20-12-14(27-2)8-10-18(20)21(17)15-5-3-4-6-16(15)22(25)26/h3-12,17,21H,23H2,1-2H3/b24-13+. The molecule has 0 radical (unpaired) electrons. The number of hydrogen-bond acceptors (Lipinski definition) is 5. The number of benzene rings is 2. The molecule has 0 amide bonds. The van der Waals surface area contributed by atoms with E-state index in [1.165, 1.54) is 4.68 Å². The molecule has 2 atom stereocenters. The Morgan fingerprint density at radius 3 is 2.71 bits per heavy atom. The Bertz CT molecular complexity index is 1050. The summed E-state index contributed by atoms with van der Waals surface area (Å²) in [6.07, 6.45) is 5.79. The van der Waals surface area contributed by atoms with E-state index in [-0.39, 0.29) is 17.4 Å². The van der Waals surface area contributed by atoms with E-state index in [0.717, 1.165) is 11.3 Å². The van der Waals surface area contributed by atoms with Crippen LogP contribution >= 0.6 is 0 Å². The highest BCUT2D eigenvalue weighted by Crippen LogP contribution is 2.48. The molecule has 1 aliphatic carbocycles. The van der Waals surface area contributed by atoms with Crippen LogP contribution in [0.2, 0.25) is 0 Å². The second-order valence-corrected chi connectivity index (χ2v) is 6.83. The number of ether oxygens (including phenoxy) is 2. The van der Waals surface area contributed by atoms with E-state index in [0.29, 0.717) is 22.8 Å². The van der Waals surface area contributed by atoms with Gasteiger partial charge in [-0.15, -0.1) is 4.68 Å². The first-order chi connectivity index (χ1) is 13.5. The molecule has 0 spiro atoms. The first kappa shape index (κ1) is 17.9. The summed E-state index contributed by atoms with van der Waals surface area (Å²) in [7, 11) is 3.34. The second-order valence-electron chi connectivity index (χ2n) is 6.83. The third-order valence-corrected chi connectivity index (χ3v) is 5.16. The number of carbonyl (C=O) groups excluding carboxylic acids is 1. The smallest absolute Gasteiger partial charge is 0.231 e. The summed E-state index contributed by atoms with van der Waals surface area (Å²) in [6.45, 7) is 0. The molecule has 0 bridgehead atoms. The number of rotatable bonds is 3. The summed E-state index contributed by atoms with van der Waals surface area (Å²) in [5.41, 5.74) is 2.55. The van der Waals surface area contributed by atoms with Gasteiger partial charge in [-0.3, -0.25) is 0 Å². The fourth-order valence-electron chi connectivity index (χ4n) is 3.80. The van der Waals surface area contributed by atoms with Crippen LogP contribution in [0.25, 0.3) is 0 Å². The van der Waals surface area contributed by atoms with E-state index in [1.807, 2.05) is 48.6 Å². The maximum Gasteiger partial charge on any atom is 0.231 e. The molecule has 6 nitrogen and oxygen atoms in total. The molecule has 0 fully saturated rings. The van der Waals surface area contributed by atoms with E-state index in [9.17, 15) is 9.90 Å². The SMILES string of the molecule is COc1ccc2c(c1)OC1=C/C(=[N+](\C)N)C=CC1C2c1ccccc1C(=O)[O-]. The molecular formula is C22H20N2O4. The van der Waals surface area contributed by atoms with E-state index in [2.05, 4.69) is 0 Å². The minimum absolute atomic E-state index is 0.162. The third kappa shape index (κ3) is 2.93.